The molecule has 6 nitrogen and oxygen atoms in total. The summed E-state index contributed by atoms with van der Waals surface area (Å²) in [6.07, 6.45) is 1.50. The molecule has 2 aromatic rings. The van der Waals surface area contributed by atoms with Crippen LogP contribution in [0, 0.1) is 0 Å². The molecule has 0 aliphatic heterocycles. The number of hydrogen-bond acceptors (Lipinski definition) is 5. The molecule has 1 amide bonds. The number of halogens is 1. The standard InChI is InChI=1S/C17H24BrN5O/c1-4-23(5-2)9-8-19-17(24)12(3)22-16-14-10-13(18)6-7-15(14)20-11-21-16/h6-7,10-12H,4-5,8-9H2,1-3H3,(H,19,24)(H,20,21,22)/t12-/m0/s1. The zero-order chi connectivity index (χ0) is 17.5. The van der Waals surface area contributed by atoms with Crippen molar-refractivity contribution in [2.45, 2.75) is 26.8 Å². The van der Waals surface area contributed by atoms with E-state index in [0.29, 0.717) is 12.4 Å². The highest BCUT2D eigenvalue weighted by molar-refractivity contribution is 9.10. The zero-order valence-electron chi connectivity index (χ0n) is 14.3. The van der Waals surface area contributed by atoms with E-state index in [-0.39, 0.29) is 11.9 Å². The Bertz CT molecular complexity index is 690. The summed E-state index contributed by atoms with van der Waals surface area (Å²) in [4.78, 5) is 23.1. The summed E-state index contributed by atoms with van der Waals surface area (Å²) in [7, 11) is 0. The Morgan fingerprint density at radius 3 is 2.75 bits per heavy atom. The van der Waals surface area contributed by atoms with E-state index in [1.807, 2.05) is 25.1 Å². The first-order valence-electron chi connectivity index (χ1n) is 8.22. The second kappa shape index (κ2) is 8.94. The molecule has 1 heterocycles. The Labute approximate surface area is 151 Å². The third-order valence-electron chi connectivity index (χ3n) is 3.97. The minimum atomic E-state index is -0.376. The second-order valence-electron chi connectivity index (χ2n) is 5.57. The van der Waals surface area contributed by atoms with Crippen molar-refractivity contribution in [1.29, 1.82) is 0 Å². The van der Waals surface area contributed by atoms with Gasteiger partial charge in [-0.2, -0.15) is 0 Å². The van der Waals surface area contributed by atoms with Crippen molar-refractivity contribution in [2.24, 2.45) is 0 Å². The van der Waals surface area contributed by atoms with Gasteiger partial charge in [0.25, 0.3) is 0 Å². The molecule has 7 heteroatoms. The Morgan fingerprint density at radius 2 is 2.04 bits per heavy atom. The van der Waals surface area contributed by atoms with Gasteiger partial charge in [0.2, 0.25) is 5.91 Å². The van der Waals surface area contributed by atoms with E-state index < -0.39 is 0 Å². The van der Waals surface area contributed by atoms with Crippen LogP contribution in [0.3, 0.4) is 0 Å². The Hall–Kier alpha value is -1.73. The molecule has 0 bridgehead atoms. The number of nitrogens with zero attached hydrogens (tertiary/aromatic N) is 3. The fourth-order valence-electron chi connectivity index (χ4n) is 2.44. The Balaban J connectivity index is 1.98. The molecule has 0 spiro atoms. The quantitative estimate of drug-likeness (QED) is 0.721. The highest BCUT2D eigenvalue weighted by Gasteiger charge is 2.14. The monoisotopic (exact) mass is 393 g/mol. The summed E-state index contributed by atoms with van der Waals surface area (Å²) < 4.78 is 0.948. The van der Waals surface area contributed by atoms with E-state index in [1.165, 1.54) is 6.33 Å². The Morgan fingerprint density at radius 1 is 1.29 bits per heavy atom. The maximum absolute atomic E-state index is 12.3. The number of rotatable bonds is 8. The van der Waals surface area contributed by atoms with Crippen molar-refractivity contribution in [3.63, 3.8) is 0 Å². The maximum atomic E-state index is 12.3. The molecule has 1 atom stereocenters. The van der Waals surface area contributed by atoms with Crippen molar-refractivity contribution in [3.05, 3.63) is 29.0 Å². The van der Waals surface area contributed by atoms with E-state index >= 15 is 0 Å². The van der Waals surface area contributed by atoms with Gasteiger partial charge < -0.3 is 15.5 Å². The van der Waals surface area contributed by atoms with E-state index in [0.717, 1.165) is 35.0 Å². The third-order valence-corrected chi connectivity index (χ3v) is 4.46. The molecule has 0 aliphatic carbocycles. The van der Waals surface area contributed by atoms with Crippen molar-refractivity contribution in [2.75, 3.05) is 31.5 Å². The van der Waals surface area contributed by atoms with Gasteiger partial charge in [0.05, 0.1) is 5.52 Å². The molecule has 0 fully saturated rings. The molecule has 1 aromatic carbocycles. The first-order chi connectivity index (χ1) is 11.5. The summed E-state index contributed by atoms with van der Waals surface area (Å²) in [5, 5.41) is 7.03. The van der Waals surface area contributed by atoms with Crippen LogP contribution in [0.5, 0.6) is 0 Å². The fourth-order valence-corrected chi connectivity index (χ4v) is 2.81. The SMILES string of the molecule is CCN(CC)CCNC(=O)[C@H](C)Nc1ncnc2ccc(Br)cc12. The largest absolute Gasteiger partial charge is 0.358 e. The van der Waals surface area contributed by atoms with Crippen LogP contribution in [-0.4, -0.2) is 53.0 Å². The Kier molecular flexibility index (Phi) is 6.93. The van der Waals surface area contributed by atoms with E-state index in [9.17, 15) is 4.79 Å². The molecule has 0 saturated heterocycles. The van der Waals surface area contributed by atoms with E-state index in [4.69, 9.17) is 0 Å². The summed E-state index contributed by atoms with van der Waals surface area (Å²) in [6.45, 7) is 9.54. The average Bonchev–Trinajstić information content (AvgIpc) is 2.59. The van der Waals surface area contributed by atoms with Gasteiger partial charge in [0.1, 0.15) is 18.2 Å². The van der Waals surface area contributed by atoms with Gasteiger partial charge in [-0.3, -0.25) is 4.79 Å². The van der Waals surface area contributed by atoms with Crippen molar-refractivity contribution in [3.8, 4) is 0 Å². The van der Waals surface area contributed by atoms with Gasteiger partial charge in [-0.15, -0.1) is 0 Å². The highest BCUT2D eigenvalue weighted by atomic mass is 79.9. The lowest BCUT2D eigenvalue weighted by atomic mass is 10.2. The first kappa shape index (κ1) is 18.6. The molecule has 0 unspecified atom stereocenters. The molecule has 1 aromatic heterocycles. The fraction of sp³-hybridized carbons (Fsp3) is 0.471. The number of aromatic nitrogens is 2. The second-order valence-corrected chi connectivity index (χ2v) is 6.48. The number of carbonyl (C=O) groups is 1. The number of likely N-dealkylation sites (N-methyl/N-ethyl adjacent to an activating group) is 1. The van der Waals surface area contributed by atoms with Crippen LogP contribution in [0.25, 0.3) is 10.9 Å². The molecular weight excluding hydrogens is 370 g/mol. The lowest BCUT2D eigenvalue weighted by Gasteiger charge is -2.20. The van der Waals surface area contributed by atoms with Crippen molar-refractivity contribution in [1.82, 2.24) is 20.2 Å². The normalized spacial score (nSPS) is 12.4. The molecular formula is C17H24BrN5O. The van der Waals surface area contributed by atoms with Gasteiger partial charge in [-0.05, 0) is 38.2 Å². The minimum Gasteiger partial charge on any atom is -0.358 e. The van der Waals surface area contributed by atoms with Crippen molar-refractivity contribution < 1.29 is 4.79 Å². The summed E-state index contributed by atoms with van der Waals surface area (Å²) in [6, 6.07) is 5.42. The topological polar surface area (TPSA) is 70.2 Å². The maximum Gasteiger partial charge on any atom is 0.242 e. The molecule has 130 valence electrons. The third kappa shape index (κ3) is 4.88. The van der Waals surface area contributed by atoms with Gasteiger partial charge >= 0.3 is 0 Å². The van der Waals surface area contributed by atoms with E-state index in [1.54, 1.807) is 0 Å². The molecule has 0 saturated carbocycles. The number of carbonyl (C=O) groups excluding carboxylic acids is 1. The number of amides is 1. The van der Waals surface area contributed by atoms with Gasteiger partial charge in [0.15, 0.2) is 0 Å². The van der Waals surface area contributed by atoms with Gasteiger partial charge in [0, 0.05) is 22.9 Å². The smallest absolute Gasteiger partial charge is 0.242 e. The predicted octanol–water partition coefficient (Wildman–Crippen LogP) is 2.65. The van der Waals surface area contributed by atoms with Crippen LogP contribution < -0.4 is 10.6 Å². The number of hydrogen-bond donors (Lipinski definition) is 2. The lowest BCUT2D eigenvalue weighted by molar-refractivity contribution is -0.121. The summed E-state index contributed by atoms with van der Waals surface area (Å²) in [5.41, 5.74) is 0.838. The molecule has 24 heavy (non-hydrogen) atoms. The summed E-state index contributed by atoms with van der Waals surface area (Å²) in [5.74, 6) is 0.622. The molecule has 2 rings (SSSR count). The van der Waals surface area contributed by atoms with Crippen LogP contribution in [0.4, 0.5) is 5.82 Å². The number of fused-ring (bicyclic) bond motifs is 1. The van der Waals surface area contributed by atoms with Crippen LogP contribution >= 0.6 is 15.9 Å². The molecule has 0 aliphatic rings. The van der Waals surface area contributed by atoms with Crippen molar-refractivity contribution >= 4 is 38.6 Å². The minimum absolute atomic E-state index is 0.0380. The number of anilines is 1. The zero-order valence-corrected chi connectivity index (χ0v) is 15.9. The van der Waals surface area contributed by atoms with Crippen LogP contribution in [0.2, 0.25) is 0 Å². The van der Waals surface area contributed by atoms with Crippen LogP contribution in [-0.2, 0) is 4.79 Å². The summed E-state index contributed by atoms with van der Waals surface area (Å²) >= 11 is 3.46. The van der Waals surface area contributed by atoms with Gasteiger partial charge in [-0.25, -0.2) is 9.97 Å². The van der Waals surface area contributed by atoms with Gasteiger partial charge in [-0.1, -0.05) is 29.8 Å². The molecule has 0 radical (unpaired) electrons. The van der Waals surface area contributed by atoms with E-state index in [2.05, 4.69) is 55.3 Å². The highest BCUT2D eigenvalue weighted by Crippen LogP contribution is 2.23. The van der Waals surface area contributed by atoms with Crippen LogP contribution in [0.15, 0.2) is 29.0 Å². The number of benzene rings is 1. The molecule has 2 N–H and O–H groups in total. The number of nitrogens with one attached hydrogen (secondary N) is 2. The lowest BCUT2D eigenvalue weighted by Crippen LogP contribution is -2.41. The van der Waals surface area contributed by atoms with Crippen LogP contribution in [0.1, 0.15) is 20.8 Å². The predicted molar refractivity (Wildman–Crippen MR) is 101 cm³/mol. The first-order valence-corrected chi connectivity index (χ1v) is 9.01. The average molecular weight is 394 g/mol.